The fourth-order valence-corrected chi connectivity index (χ4v) is 2.33. The molecule has 1 aromatic rings. The summed E-state index contributed by atoms with van der Waals surface area (Å²) in [5.74, 6) is 0.958. The van der Waals surface area contributed by atoms with Crippen molar-refractivity contribution < 1.29 is 9.47 Å². The van der Waals surface area contributed by atoms with Gasteiger partial charge in [0.2, 0.25) is 0 Å². The zero-order valence-corrected chi connectivity index (χ0v) is 15.0. The molecule has 0 aliphatic heterocycles. The van der Waals surface area contributed by atoms with E-state index >= 15 is 0 Å². The molecule has 1 aromatic carbocycles. The standard InChI is InChI=1S/C17H28BrNO2/c1-4-5-10-20-11-6-9-19-13-15-12-16(18)7-8-17(15)21-14(2)3/h7-8,12,14,19H,4-6,9-11,13H2,1-3H3. The highest BCUT2D eigenvalue weighted by Gasteiger charge is 2.06. The zero-order valence-electron chi connectivity index (χ0n) is 13.5. The maximum absolute atomic E-state index is 5.84. The molecule has 0 heterocycles. The highest BCUT2D eigenvalue weighted by molar-refractivity contribution is 9.10. The van der Waals surface area contributed by atoms with Crippen LogP contribution >= 0.6 is 15.9 Å². The Kier molecular flexibility index (Phi) is 9.72. The van der Waals surface area contributed by atoms with E-state index in [1.54, 1.807) is 0 Å². The van der Waals surface area contributed by atoms with Crippen LogP contribution in [0, 0.1) is 0 Å². The third-order valence-corrected chi connectivity index (χ3v) is 3.48. The van der Waals surface area contributed by atoms with Crippen LogP contribution in [0.25, 0.3) is 0 Å². The molecule has 0 amide bonds. The molecule has 4 heteroatoms. The highest BCUT2D eigenvalue weighted by atomic mass is 79.9. The van der Waals surface area contributed by atoms with Crippen molar-refractivity contribution in [2.24, 2.45) is 0 Å². The summed E-state index contributed by atoms with van der Waals surface area (Å²) in [4.78, 5) is 0. The first-order chi connectivity index (χ1) is 10.1. The topological polar surface area (TPSA) is 30.5 Å². The van der Waals surface area contributed by atoms with Crippen molar-refractivity contribution >= 4 is 15.9 Å². The summed E-state index contributed by atoms with van der Waals surface area (Å²) in [6.07, 6.45) is 3.58. The molecule has 1 N–H and O–H groups in total. The molecule has 0 aromatic heterocycles. The molecule has 0 spiro atoms. The summed E-state index contributed by atoms with van der Waals surface area (Å²) in [5.41, 5.74) is 1.19. The van der Waals surface area contributed by atoms with Gasteiger partial charge in [-0.25, -0.2) is 0 Å². The average Bonchev–Trinajstić information content (AvgIpc) is 2.44. The van der Waals surface area contributed by atoms with Crippen molar-refractivity contribution in [3.05, 3.63) is 28.2 Å². The van der Waals surface area contributed by atoms with E-state index in [2.05, 4.69) is 34.2 Å². The number of rotatable bonds is 11. The Morgan fingerprint density at radius 1 is 1.19 bits per heavy atom. The minimum atomic E-state index is 0.192. The molecule has 21 heavy (non-hydrogen) atoms. The molecular weight excluding hydrogens is 330 g/mol. The monoisotopic (exact) mass is 357 g/mol. The van der Waals surface area contributed by atoms with Crippen LogP contribution in [-0.2, 0) is 11.3 Å². The lowest BCUT2D eigenvalue weighted by atomic mass is 10.2. The number of hydrogen-bond acceptors (Lipinski definition) is 3. The predicted molar refractivity (Wildman–Crippen MR) is 92.0 cm³/mol. The van der Waals surface area contributed by atoms with E-state index in [1.165, 1.54) is 12.0 Å². The predicted octanol–water partition coefficient (Wildman–Crippen LogP) is 4.53. The molecule has 0 saturated carbocycles. The summed E-state index contributed by atoms with van der Waals surface area (Å²) in [5, 5.41) is 3.45. The van der Waals surface area contributed by atoms with Crippen LogP contribution in [-0.4, -0.2) is 25.9 Å². The van der Waals surface area contributed by atoms with Crippen molar-refractivity contribution in [2.75, 3.05) is 19.8 Å². The number of unbranched alkanes of at least 4 members (excludes halogenated alkanes) is 1. The molecule has 0 fully saturated rings. The molecule has 3 nitrogen and oxygen atoms in total. The minimum absolute atomic E-state index is 0.192. The van der Waals surface area contributed by atoms with Crippen LogP contribution in [0.3, 0.4) is 0 Å². The van der Waals surface area contributed by atoms with Gasteiger partial charge in [-0.05, 0) is 51.4 Å². The molecule has 0 aliphatic rings. The number of hydrogen-bond donors (Lipinski definition) is 1. The van der Waals surface area contributed by atoms with Crippen molar-refractivity contribution in [2.45, 2.75) is 52.7 Å². The van der Waals surface area contributed by atoms with Crippen LogP contribution in [0.2, 0.25) is 0 Å². The van der Waals surface area contributed by atoms with E-state index in [0.717, 1.165) is 49.4 Å². The molecule has 0 aliphatic carbocycles. The lowest BCUT2D eigenvalue weighted by molar-refractivity contribution is 0.128. The molecule has 0 unspecified atom stereocenters. The van der Waals surface area contributed by atoms with Gasteiger partial charge in [-0.3, -0.25) is 0 Å². The van der Waals surface area contributed by atoms with Crippen LogP contribution in [0.15, 0.2) is 22.7 Å². The first-order valence-electron chi connectivity index (χ1n) is 7.87. The molecule has 0 saturated heterocycles. The van der Waals surface area contributed by atoms with Crippen molar-refractivity contribution in [1.29, 1.82) is 0 Å². The van der Waals surface area contributed by atoms with Crippen molar-refractivity contribution in [3.8, 4) is 5.75 Å². The third-order valence-electron chi connectivity index (χ3n) is 2.99. The fourth-order valence-electron chi connectivity index (χ4n) is 1.93. The summed E-state index contributed by atoms with van der Waals surface area (Å²) in [6.45, 7) is 9.77. The Morgan fingerprint density at radius 2 is 1.95 bits per heavy atom. The first-order valence-corrected chi connectivity index (χ1v) is 8.66. The highest BCUT2D eigenvalue weighted by Crippen LogP contribution is 2.24. The number of nitrogens with one attached hydrogen (secondary N) is 1. The van der Waals surface area contributed by atoms with Crippen LogP contribution in [0.4, 0.5) is 0 Å². The van der Waals surface area contributed by atoms with E-state index in [1.807, 2.05) is 26.0 Å². The second-order valence-electron chi connectivity index (χ2n) is 5.41. The fraction of sp³-hybridized carbons (Fsp3) is 0.647. The summed E-state index contributed by atoms with van der Waals surface area (Å²) < 4.78 is 12.5. The van der Waals surface area contributed by atoms with Gasteiger partial charge >= 0.3 is 0 Å². The third kappa shape index (κ3) is 8.44. The molecule has 0 bridgehead atoms. The molecule has 120 valence electrons. The number of halogens is 1. The van der Waals surface area contributed by atoms with E-state index < -0.39 is 0 Å². The van der Waals surface area contributed by atoms with Crippen LogP contribution in [0.5, 0.6) is 5.75 Å². The van der Waals surface area contributed by atoms with Crippen LogP contribution < -0.4 is 10.1 Å². The maximum atomic E-state index is 5.84. The van der Waals surface area contributed by atoms with Gasteiger partial charge in [0, 0.05) is 29.8 Å². The van der Waals surface area contributed by atoms with Gasteiger partial charge in [-0.2, -0.15) is 0 Å². The zero-order chi connectivity index (χ0) is 15.5. The second-order valence-corrected chi connectivity index (χ2v) is 6.33. The normalized spacial score (nSPS) is 11.1. The molecular formula is C17H28BrNO2. The Bertz CT molecular complexity index is 396. The van der Waals surface area contributed by atoms with Gasteiger partial charge in [0.1, 0.15) is 5.75 Å². The smallest absolute Gasteiger partial charge is 0.124 e. The Hall–Kier alpha value is -0.580. The summed E-state index contributed by atoms with van der Waals surface area (Å²) in [6, 6.07) is 6.15. The number of benzene rings is 1. The lowest BCUT2D eigenvalue weighted by Gasteiger charge is -2.15. The largest absolute Gasteiger partial charge is 0.491 e. The SMILES string of the molecule is CCCCOCCCNCc1cc(Br)ccc1OC(C)C. The molecule has 1 rings (SSSR count). The van der Waals surface area contributed by atoms with E-state index in [9.17, 15) is 0 Å². The quantitative estimate of drug-likeness (QED) is 0.590. The van der Waals surface area contributed by atoms with Gasteiger partial charge in [0.25, 0.3) is 0 Å². The van der Waals surface area contributed by atoms with E-state index in [4.69, 9.17) is 9.47 Å². The van der Waals surface area contributed by atoms with Gasteiger partial charge in [0.15, 0.2) is 0 Å². The summed E-state index contributed by atoms with van der Waals surface area (Å²) in [7, 11) is 0. The lowest BCUT2D eigenvalue weighted by Crippen LogP contribution is -2.18. The van der Waals surface area contributed by atoms with E-state index in [0.29, 0.717) is 0 Å². The maximum Gasteiger partial charge on any atom is 0.124 e. The Balaban J connectivity index is 2.29. The van der Waals surface area contributed by atoms with Crippen LogP contribution in [0.1, 0.15) is 45.6 Å². The van der Waals surface area contributed by atoms with Gasteiger partial charge < -0.3 is 14.8 Å². The van der Waals surface area contributed by atoms with Crippen molar-refractivity contribution in [3.63, 3.8) is 0 Å². The molecule has 0 atom stereocenters. The minimum Gasteiger partial charge on any atom is -0.491 e. The first kappa shape index (κ1) is 18.5. The summed E-state index contributed by atoms with van der Waals surface area (Å²) >= 11 is 3.52. The van der Waals surface area contributed by atoms with E-state index in [-0.39, 0.29) is 6.10 Å². The number of ether oxygens (including phenoxy) is 2. The van der Waals surface area contributed by atoms with Crippen molar-refractivity contribution in [1.82, 2.24) is 5.32 Å². The van der Waals surface area contributed by atoms with Gasteiger partial charge in [-0.1, -0.05) is 29.3 Å². The second kappa shape index (κ2) is 11.0. The Labute approximate surface area is 137 Å². The van der Waals surface area contributed by atoms with Gasteiger partial charge in [-0.15, -0.1) is 0 Å². The Morgan fingerprint density at radius 3 is 2.67 bits per heavy atom. The molecule has 0 radical (unpaired) electrons. The van der Waals surface area contributed by atoms with Gasteiger partial charge in [0.05, 0.1) is 6.10 Å². The average molecular weight is 358 g/mol.